The van der Waals surface area contributed by atoms with Crippen molar-refractivity contribution in [3.63, 3.8) is 0 Å². The number of amides is 2. The molecule has 0 aliphatic carbocycles. The van der Waals surface area contributed by atoms with E-state index in [1.165, 1.54) is 17.4 Å². The molecule has 0 unspecified atom stereocenters. The van der Waals surface area contributed by atoms with Crippen LogP contribution in [0.2, 0.25) is 0 Å². The molecule has 0 bridgehead atoms. The summed E-state index contributed by atoms with van der Waals surface area (Å²) in [4.78, 5) is 23.5. The van der Waals surface area contributed by atoms with Crippen LogP contribution in [0.15, 0.2) is 84.0 Å². The molecule has 0 aliphatic heterocycles. The van der Waals surface area contributed by atoms with Gasteiger partial charge in [0.2, 0.25) is 15.9 Å². The van der Waals surface area contributed by atoms with Crippen LogP contribution in [0, 0.1) is 0 Å². The van der Waals surface area contributed by atoms with E-state index in [1.807, 2.05) is 6.07 Å². The Morgan fingerprint density at radius 3 is 2.30 bits per heavy atom. The molecule has 2 N–H and O–H groups in total. The first-order chi connectivity index (χ1) is 15.7. The van der Waals surface area contributed by atoms with Crippen LogP contribution in [-0.2, 0) is 21.4 Å². The van der Waals surface area contributed by atoms with E-state index < -0.39 is 15.9 Å². The third-order valence-corrected chi connectivity index (χ3v) is 5.71. The summed E-state index contributed by atoms with van der Waals surface area (Å²) in [5.74, 6) is -0.580. The Hall–Kier alpha value is -3.98. The van der Waals surface area contributed by atoms with Gasteiger partial charge in [0, 0.05) is 18.2 Å². The van der Waals surface area contributed by atoms with Crippen molar-refractivity contribution < 1.29 is 18.0 Å². The molecule has 3 aromatic carbocycles. The molecular weight excluding hydrogens is 440 g/mol. The molecule has 0 aliphatic rings. The standard InChI is InChI=1S/C24H24N4O4S/c1-18(29)26-22-8-6-7-20(15-22)16-25-27-24(30)21-13-11-19(12-14-21)17-28(33(2,31)32)23-9-4-3-5-10-23/h3-16H,17H2,1-2H3,(H,26,29)(H,27,30)/b25-16-. The highest BCUT2D eigenvalue weighted by Crippen LogP contribution is 2.20. The molecule has 0 fully saturated rings. The van der Waals surface area contributed by atoms with Crippen molar-refractivity contribution in [3.8, 4) is 0 Å². The fourth-order valence-electron chi connectivity index (χ4n) is 3.05. The number of hydrazone groups is 1. The van der Waals surface area contributed by atoms with Gasteiger partial charge in [-0.15, -0.1) is 0 Å². The van der Waals surface area contributed by atoms with Crippen molar-refractivity contribution in [3.05, 3.63) is 95.6 Å². The molecule has 0 saturated carbocycles. The predicted octanol–water partition coefficient (Wildman–Crippen LogP) is 3.38. The Balaban J connectivity index is 1.64. The number of benzene rings is 3. The van der Waals surface area contributed by atoms with E-state index in [9.17, 15) is 18.0 Å². The van der Waals surface area contributed by atoms with E-state index in [4.69, 9.17) is 0 Å². The monoisotopic (exact) mass is 464 g/mol. The lowest BCUT2D eigenvalue weighted by Gasteiger charge is -2.22. The van der Waals surface area contributed by atoms with Gasteiger partial charge in [-0.05, 0) is 47.5 Å². The molecule has 0 spiro atoms. The second-order valence-corrected chi connectivity index (χ2v) is 9.21. The normalized spacial score (nSPS) is 11.2. The molecule has 0 saturated heterocycles. The van der Waals surface area contributed by atoms with E-state index in [2.05, 4.69) is 15.8 Å². The summed E-state index contributed by atoms with van der Waals surface area (Å²) in [6.45, 7) is 1.57. The maximum atomic E-state index is 12.4. The molecule has 3 aromatic rings. The number of carbonyl (C=O) groups excluding carboxylic acids is 2. The van der Waals surface area contributed by atoms with Crippen LogP contribution in [0.1, 0.15) is 28.4 Å². The summed E-state index contributed by atoms with van der Waals surface area (Å²) in [5.41, 5.74) is 5.48. The van der Waals surface area contributed by atoms with Gasteiger partial charge in [-0.25, -0.2) is 13.8 Å². The average Bonchev–Trinajstić information content (AvgIpc) is 2.77. The van der Waals surface area contributed by atoms with Gasteiger partial charge in [0.25, 0.3) is 5.91 Å². The molecule has 0 aromatic heterocycles. The topological polar surface area (TPSA) is 108 Å². The van der Waals surface area contributed by atoms with E-state index in [1.54, 1.807) is 72.8 Å². The summed E-state index contributed by atoms with van der Waals surface area (Å²) in [5, 5.41) is 6.64. The lowest BCUT2D eigenvalue weighted by molar-refractivity contribution is -0.114. The number of carbonyl (C=O) groups is 2. The number of nitrogens with zero attached hydrogens (tertiary/aromatic N) is 2. The first-order valence-electron chi connectivity index (χ1n) is 10.0. The zero-order valence-electron chi connectivity index (χ0n) is 18.2. The Bertz CT molecular complexity index is 1260. The molecule has 0 heterocycles. The number of hydrogen-bond acceptors (Lipinski definition) is 5. The lowest BCUT2D eigenvalue weighted by atomic mass is 10.1. The molecule has 9 heteroatoms. The second kappa shape index (κ2) is 10.6. The van der Waals surface area contributed by atoms with Gasteiger partial charge in [-0.2, -0.15) is 5.10 Å². The summed E-state index contributed by atoms with van der Waals surface area (Å²) >= 11 is 0. The molecule has 8 nitrogen and oxygen atoms in total. The highest BCUT2D eigenvalue weighted by atomic mass is 32.2. The first-order valence-corrected chi connectivity index (χ1v) is 11.9. The Morgan fingerprint density at radius 2 is 1.67 bits per heavy atom. The van der Waals surface area contributed by atoms with Crippen molar-refractivity contribution in [2.75, 3.05) is 15.9 Å². The molecule has 170 valence electrons. The molecule has 0 radical (unpaired) electrons. The van der Waals surface area contributed by atoms with Gasteiger partial charge in [-0.3, -0.25) is 13.9 Å². The van der Waals surface area contributed by atoms with Crippen molar-refractivity contribution >= 4 is 39.4 Å². The minimum atomic E-state index is -3.48. The fraction of sp³-hybridized carbons (Fsp3) is 0.125. The maximum Gasteiger partial charge on any atom is 0.271 e. The van der Waals surface area contributed by atoms with Crippen molar-refractivity contribution in [2.24, 2.45) is 5.10 Å². The zero-order valence-corrected chi connectivity index (χ0v) is 19.0. The molecule has 3 rings (SSSR count). The molecule has 0 atom stereocenters. The predicted molar refractivity (Wildman–Crippen MR) is 130 cm³/mol. The summed E-state index contributed by atoms with van der Waals surface area (Å²) < 4.78 is 25.8. The van der Waals surface area contributed by atoms with Gasteiger partial charge >= 0.3 is 0 Å². The number of sulfonamides is 1. The Kier molecular flexibility index (Phi) is 7.57. The van der Waals surface area contributed by atoms with Crippen LogP contribution in [0.25, 0.3) is 0 Å². The number of para-hydroxylation sites is 1. The third kappa shape index (κ3) is 7.01. The van der Waals surface area contributed by atoms with Crippen molar-refractivity contribution in [1.29, 1.82) is 0 Å². The van der Waals surface area contributed by atoms with E-state index in [0.29, 0.717) is 22.5 Å². The van der Waals surface area contributed by atoms with Crippen LogP contribution in [-0.4, -0.2) is 32.7 Å². The summed E-state index contributed by atoms with van der Waals surface area (Å²) in [7, 11) is -3.48. The van der Waals surface area contributed by atoms with Gasteiger partial charge in [0.1, 0.15) is 0 Å². The van der Waals surface area contributed by atoms with Crippen LogP contribution in [0.4, 0.5) is 11.4 Å². The van der Waals surface area contributed by atoms with Gasteiger partial charge in [0.05, 0.1) is 24.7 Å². The lowest BCUT2D eigenvalue weighted by Crippen LogP contribution is -2.29. The SMILES string of the molecule is CC(=O)Nc1cccc(/C=N\NC(=O)c2ccc(CN(c3ccccc3)S(C)(=O)=O)cc2)c1. The van der Waals surface area contributed by atoms with Crippen LogP contribution >= 0.6 is 0 Å². The van der Waals surface area contributed by atoms with E-state index in [0.717, 1.165) is 11.8 Å². The largest absolute Gasteiger partial charge is 0.326 e. The van der Waals surface area contributed by atoms with E-state index in [-0.39, 0.29) is 12.5 Å². The van der Waals surface area contributed by atoms with Crippen molar-refractivity contribution in [2.45, 2.75) is 13.5 Å². The summed E-state index contributed by atoms with van der Waals surface area (Å²) in [6, 6.07) is 22.5. The second-order valence-electron chi connectivity index (χ2n) is 7.31. The van der Waals surface area contributed by atoms with E-state index >= 15 is 0 Å². The highest BCUT2D eigenvalue weighted by Gasteiger charge is 2.17. The minimum absolute atomic E-state index is 0.146. The Morgan fingerprint density at radius 1 is 0.970 bits per heavy atom. The molecule has 33 heavy (non-hydrogen) atoms. The van der Waals surface area contributed by atoms with Crippen LogP contribution in [0.3, 0.4) is 0 Å². The Labute approximate surface area is 193 Å². The van der Waals surface area contributed by atoms with Crippen molar-refractivity contribution in [1.82, 2.24) is 5.43 Å². The highest BCUT2D eigenvalue weighted by molar-refractivity contribution is 7.92. The quantitative estimate of drug-likeness (QED) is 0.394. The van der Waals surface area contributed by atoms with Gasteiger partial charge in [-0.1, -0.05) is 42.5 Å². The van der Waals surface area contributed by atoms with Gasteiger partial charge < -0.3 is 5.32 Å². The van der Waals surface area contributed by atoms with Crippen LogP contribution in [0.5, 0.6) is 0 Å². The zero-order chi connectivity index (χ0) is 23.8. The fourth-order valence-corrected chi connectivity index (χ4v) is 3.94. The number of rotatable bonds is 8. The molecule has 2 amide bonds. The number of nitrogens with one attached hydrogen (secondary N) is 2. The molecular formula is C24H24N4O4S. The third-order valence-electron chi connectivity index (χ3n) is 4.57. The maximum absolute atomic E-state index is 12.4. The van der Waals surface area contributed by atoms with Crippen LogP contribution < -0.4 is 15.0 Å². The average molecular weight is 465 g/mol. The van der Waals surface area contributed by atoms with Gasteiger partial charge in [0.15, 0.2) is 0 Å². The summed E-state index contributed by atoms with van der Waals surface area (Å²) in [6.07, 6.45) is 2.63. The first kappa shape index (κ1) is 23.7. The number of hydrogen-bond donors (Lipinski definition) is 2. The smallest absolute Gasteiger partial charge is 0.271 e. The minimum Gasteiger partial charge on any atom is -0.326 e. The number of anilines is 2.